The third-order valence-electron chi connectivity index (χ3n) is 4.60. The molecule has 3 heteroatoms. The summed E-state index contributed by atoms with van der Waals surface area (Å²) in [5, 5.41) is 3.41. The van der Waals surface area contributed by atoms with Crippen LogP contribution in [0.15, 0.2) is 24.3 Å². The van der Waals surface area contributed by atoms with Crippen LogP contribution in [0.3, 0.4) is 0 Å². The average molecular weight is 286 g/mol. The zero-order valence-electron chi connectivity index (χ0n) is 13.1. The highest BCUT2D eigenvalue weighted by molar-refractivity contribution is 5.86. The van der Waals surface area contributed by atoms with Crippen LogP contribution in [0.5, 0.6) is 0 Å². The third kappa shape index (κ3) is 3.22. The first kappa shape index (κ1) is 14.4. The monoisotopic (exact) mass is 286 g/mol. The van der Waals surface area contributed by atoms with Crippen LogP contribution in [0.2, 0.25) is 0 Å². The molecule has 1 aliphatic heterocycles. The van der Waals surface area contributed by atoms with Crippen LogP contribution in [-0.2, 0) is 4.79 Å². The van der Waals surface area contributed by atoms with Gasteiger partial charge in [0, 0.05) is 24.8 Å². The second kappa shape index (κ2) is 6.08. The molecule has 1 aromatic rings. The molecule has 3 rings (SSSR count). The van der Waals surface area contributed by atoms with Crippen molar-refractivity contribution in [1.82, 2.24) is 4.90 Å². The largest absolute Gasteiger partial charge is 0.385 e. The number of fused-ring (bicyclic) bond motifs is 1. The molecule has 1 atom stereocenters. The fraction of sp³-hybridized carbons (Fsp3) is 0.611. The highest BCUT2D eigenvalue weighted by atomic mass is 16.2. The smallest absolute Gasteiger partial charge is 0.230 e. The van der Waals surface area contributed by atoms with Crippen LogP contribution in [-0.4, -0.2) is 29.9 Å². The molecule has 2 aliphatic rings. The van der Waals surface area contributed by atoms with E-state index < -0.39 is 0 Å². The summed E-state index contributed by atoms with van der Waals surface area (Å²) in [4.78, 5) is 15.2. The molecule has 0 saturated heterocycles. The predicted molar refractivity (Wildman–Crippen MR) is 86.5 cm³/mol. The number of anilines is 1. The van der Waals surface area contributed by atoms with E-state index in [2.05, 4.69) is 36.2 Å². The molecule has 21 heavy (non-hydrogen) atoms. The zero-order valence-corrected chi connectivity index (χ0v) is 13.1. The summed E-state index contributed by atoms with van der Waals surface area (Å²) in [7, 11) is 0. The topological polar surface area (TPSA) is 32.3 Å². The van der Waals surface area contributed by atoms with E-state index in [9.17, 15) is 4.79 Å². The van der Waals surface area contributed by atoms with Gasteiger partial charge in [-0.15, -0.1) is 0 Å². The number of nitrogens with zero attached hydrogens (tertiary/aromatic N) is 1. The summed E-state index contributed by atoms with van der Waals surface area (Å²) in [6.07, 6.45) is 4.41. The van der Waals surface area contributed by atoms with Gasteiger partial charge in [-0.2, -0.15) is 0 Å². The summed E-state index contributed by atoms with van der Waals surface area (Å²) in [6.45, 7) is 6.29. The SMILES string of the molecule is CC(C)CCN(C(=O)C1CCNc2ccccc21)C1CC1. The van der Waals surface area contributed by atoms with Crippen molar-refractivity contribution < 1.29 is 4.79 Å². The summed E-state index contributed by atoms with van der Waals surface area (Å²) in [6, 6.07) is 8.79. The van der Waals surface area contributed by atoms with Gasteiger partial charge < -0.3 is 10.2 Å². The van der Waals surface area contributed by atoms with Crippen molar-refractivity contribution >= 4 is 11.6 Å². The molecule has 0 aromatic heterocycles. The van der Waals surface area contributed by atoms with Gasteiger partial charge in [0.2, 0.25) is 5.91 Å². The minimum Gasteiger partial charge on any atom is -0.385 e. The molecule has 3 nitrogen and oxygen atoms in total. The number of carbonyl (C=O) groups excluding carboxylic acids is 1. The Balaban J connectivity index is 1.77. The van der Waals surface area contributed by atoms with Crippen LogP contribution < -0.4 is 5.32 Å². The van der Waals surface area contributed by atoms with Crippen molar-refractivity contribution in [1.29, 1.82) is 0 Å². The van der Waals surface area contributed by atoms with Gasteiger partial charge in [-0.25, -0.2) is 0 Å². The van der Waals surface area contributed by atoms with Crippen molar-refractivity contribution in [3.05, 3.63) is 29.8 Å². The maximum absolute atomic E-state index is 13.1. The molecule has 1 aliphatic carbocycles. The van der Waals surface area contributed by atoms with E-state index in [-0.39, 0.29) is 5.92 Å². The lowest BCUT2D eigenvalue weighted by atomic mass is 9.89. The van der Waals surface area contributed by atoms with E-state index in [0.29, 0.717) is 17.9 Å². The summed E-state index contributed by atoms with van der Waals surface area (Å²) in [5.41, 5.74) is 2.32. The maximum atomic E-state index is 13.1. The number of amides is 1. The number of nitrogens with one attached hydrogen (secondary N) is 1. The van der Waals surface area contributed by atoms with E-state index >= 15 is 0 Å². The van der Waals surface area contributed by atoms with E-state index in [0.717, 1.165) is 31.6 Å². The number of hydrogen-bond donors (Lipinski definition) is 1. The van der Waals surface area contributed by atoms with Crippen molar-refractivity contribution in [2.75, 3.05) is 18.4 Å². The van der Waals surface area contributed by atoms with Gasteiger partial charge in [0.1, 0.15) is 0 Å². The highest BCUT2D eigenvalue weighted by Crippen LogP contribution is 2.36. The Morgan fingerprint density at radius 2 is 2.05 bits per heavy atom. The molecule has 1 amide bonds. The van der Waals surface area contributed by atoms with Gasteiger partial charge in [0.05, 0.1) is 5.92 Å². The number of carbonyl (C=O) groups is 1. The molecule has 1 fully saturated rings. The van der Waals surface area contributed by atoms with E-state index in [1.165, 1.54) is 18.4 Å². The third-order valence-corrected chi connectivity index (χ3v) is 4.60. The number of rotatable bonds is 5. The molecule has 1 heterocycles. The van der Waals surface area contributed by atoms with E-state index in [1.54, 1.807) is 0 Å². The number of hydrogen-bond acceptors (Lipinski definition) is 2. The highest BCUT2D eigenvalue weighted by Gasteiger charge is 2.37. The Bertz CT molecular complexity index is 508. The molecular formula is C18H26N2O. The standard InChI is InChI=1S/C18H26N2O/c1-13(2)10-12-20(14-7-8-14)18(21)16-9-11-19-17-6-4-3-5-15(16)17/h3-6,13-14,16,19H,7-12H2,1-2H3. The molecule has 0 spiro atoms. The molecule has 0 radical (unpaired) electrons. The first-order chi connectivity index (χ1) is 10.2. The number of benzene rings is 1. The molecule has 1 unspecified atom stereocenters. The quantitative estimate of drug-likeness (QED) is 0.896. The van der Waals surface area contributed by atoms with Crippen molar-refractivity contribution in [2.45, 2.75) is 51.5 Å². The lowest BCUT2D eigenvalue weighted by Crippen LogP contribution is -2.39. The second-order valence-electron chi connectivity index (χ2n) is 6.80. The van der Waals surface area contributed by atoms with Gasteiger partial charge in [-0.1, -0.05) is 32.0 Å². The van der Waals surface area contributed by atoms with Crippen molar-refractivity contribution in [2.24, 2.45) is 5.92 Å². The summed E-state index contributed by atoms with van der Waals surface area (Å²) in [5.74, 6) is 1.06. The molecule has 1 N–H and O–H groups in total. The average Bonchev–Trinajstić information content (AvgIpc) is 3.31. The summed E-state index contributed by atoms with van der Waals surface area (Å²) >= 11 is 0. The Morgan fingerprint density at radius 3 is 2.76 bits per heavy atom. The van der Waals surface area contributed by atoms with Gasteiger partial charge >= 0.3 is 0 Å². The molecule has 0 bridgehead atoms. The fourth-order valence-electron chi connectivity index (χ4n) is 3.18. The van der Waals surface area contributed by atoms with E-state index in [1.807, 2.05) is 12.1 Å². The summed E-state index contributed by atoms with van der Waals surface area (Å²) < 4.78 is 0. The molecule has 1 aromatic carbocycles. The Morgan fingerprint density at radius 1 is 1.29 bits per heavy atom. The van der Waals surface area contributed by atoms with Crippen molar-refractivity contribution in [3.8, 4) is 0 Å². The molecule has 114 valence electrons. The van der Waals surface area contributed by atoms with Crippen LogP contribution in [0, 0.1) is 5.92 Å². The second-order valence-corrected chi connectivity index (χ2v) is 6.80. The lowest BCUT2D eigenvalue weighted by molar-refractivity contribution is -0.133. The fourth-order valence-corrected chi connectivity index (χ4v) is 3.18. The minimum absolute atomic E-state index is 0.0511. The van der Waals surface area contributed by atoms with Crippen LogP contribution in [0.1, 0.15) is 51.0 Å². The van der Waals surface area contributed by atoms with E-state index in [4.69, 9.17) is 0 Å². The van der Waals surface area contributed by atoms with Gasteiger partial charge in [-0.3, -0.25) is 4.79 Å². The van der Waals surface area contributed by atoms with Gasteiger partial charge in [0.15, 0.2) is 0 Å². The Kier molecular flexibility index (Phi) is 4.18. The molecular weight excluding hydrogens is 260 g/mol. The lowest BCUT2D eigenvalue weighted by Gasteiger charge is -2.32. The van der Waals surface area contributed by atoms with Gasteiger partial charge in [-0.05, 0) is 43.2 Å². The minimum atomic E-state index is 0.0511. The normalized spacial score (nSPS) is 20.8. The van der Waals surface area contributed by atoms with Crippen molar-refractivity contribution in [3.63, 3.8) is 0 Å². The predicted octanol–water partition coefficient (Wildman–Crippen LogP) is 3.62. The maximum Gasteiger partial charge on any atom is 0.230 e. The first-order valence-electron chi connectivity index (χ1n) is 8.30. The van der Waals surface area contributed by atoms with Crippen LogP contribution >= 0.6 is 0 Å². The van der Waals surface area contributed by atoms with Crippen LogP contribution in [0.4, 0.5) is 5.69 Å². The Hall–Kier alpha value is -1.51. The van der Waals surface area contributed by atoms with Crippen LogP contribution in [0.25, 0.3) is 0 Å². The number of para-hydroxylation sites is 1. The molecule has 1 saturated carbocycles. The van der Waals surface area contributed by atoms with Gasteiger partial charge in [0.25, 0.3) is 0 Å². The first-order valence-corrected chi connectivity index (χ1v) is 8.30. The zero-order chi connectivity index (χ0) is 14.8. The Labute approximate surface area is 127 Å².